The fourth-order valence-electron chi connectivity index (χ4n) is 3.06. The molecule has 0 fully saturated rings. The second kappa shape index (κ2) is 10.4. The van der Waals surface area contributed by atoms with Crippen LogP contribution < -0.4 is 5.32 Å². The molecule has 0 heterocycles. The van der Waals surface area contributed by atoms with Crippen LogP contribution in [0.3, 0.4) is 0 Å². The first kappa shape index (κ1) is 24.4. The van der Waals surface area contributed by atoms with Crippen molar-refractivity contribution in [2.24, 2.45) is 0 Å². The van der Waals surface area contributed by atoms with Crippen LogP contribution in [-0.4, -0.2) is 38.6 Å². The third kappa shape index (κ3) is 6.53. The van der Waals surface area contributed by atoms with Gasteiger partial charge in [-0.2, -0.15) is 8.42 Å². The first-order chi connectivity index (χ1) is 14.5. The molecule has 0 saturated heterocycles. The van der Waals surface area contributed by atoms with Crippen LogP contribution in [0.4, 0.5) is 5.69 Å². The van der Waals surface area contributed by atoms with E-state index in [1.165, 1.54) is 38.3 Å². The van der Waals surface area contributed by atoms with Crippen molar-refractivity contribution in [3.05, 3.63) is 53.1 Å². The van der Waals surface area contributed by atoms with Crippen molar-refractivity contribution in [1.82, 2.24) is 0 Å². The summed E-state index contributed by atoms with van der Waals surface area (Å²) in [6, 6.07) is 9.27. The molecule has 1 unspecified atom stereocenters. The molecule has 2 aromatic carbocycles. The normalized spacial score (nSPS) is 12.3. The topological polar surface area (TPSA) is 119 Å². The number of carbonyl (C=O) groups excluding carboxylic acids is 2. The zero-order valence-electron chi connectivity index (χ0n) is 18.0. The number of ether oxygens (including phenoxy) is 1. The summed E-state index contributed by atoms with van der Waals surface area (Å²) in [5.41, 5.74) is 1.67. The minimum absolute atomic E-state index is 0.0159. The van der Waals surface area contributed by atoms with Crippen molar-refractivity contribution in [3.8, 4) is 5.75 Å². The molecule has 0 aliphatic heterocycles. The van der Waals surface area contributed by atoms with Crippen LogP contribution >= 0.6 is 0 Å². The van der Waals surface area contributed by atoms with Gasteiger partial charge in [-0.15, -0.1) is 0 Å². The minimum Gasteiger partial charge on any atom is -0.507 e. The molecule has 31 heavy (non-hydrogen) atoms. The molecule has 9 heteroatoms. The SMILES string of the molecule is COC(=O)c1ccc(NC(C)=O)c(CCCC(C)OS(=O)(=O)c2ccc(C)cc2)c1O. The van der Waals surface area contributed by atoms with Crippen LogP contribution in [0.15, 0.2) is 41.3 Å². The van der Waals surface area contributed by atoms with Crippen molar-refractivity contribution in [1.29, 1.82) is 0 Å². The number of methoxy groups -OCH3 is 1. The van der Waals surface area contributed by atoms with Gasteiger partial charge in [-0.25, -0.2) is 4.79 Å². The molecular weight excluding hydrogens is 422 g/mol. The number of hydrogen-bond acceptors (Lipinski definition) is 7. The largest absolute Gasteiger partial charge is 0.507 e. The van der Waals surface area contributed by atoms with E-state index >= 15 is 0 Å². The summed E-state index contributed by atoms with van der Waals surface area (Å²) in [6.07, 6.45) is 0.480. The van der Waals surface area contributed by atoms with E-state index < -0.39 is 22.2 Å². The van der Waals surface area contributed by atoms with E-state index in [1.54, 1.807) is 19.1 Å². The molecule has 2 rings (SSSR count). The van der Waals surface area contributed by atoms with Crippen LogP contribution in [0, 0.1) is 6.92 Å². The number of anilines is 1. The lowest BCUT2D eigenvalue weighted by Gasteiger charge is -2.16. The molecule has 1 atom stereocenters. The smallest absolute Gasteiger partial charge is 0.341 e. The molecule has 2 aromatic rings. The second-order valence-electron chi connectivity index (χ2n) is 7.23. The van der Waals surface area contributed by atoms with Gasteiger partial charge in [0, 0.05) is 18.2 Å². The summed E-state index contributed by atoms with van der Waals surface area (Å²) in [5.74, 6) is -1.31. The molecule has 168 valence electrons. The van der Waals surface area contributed by atoms with E-state index in [0.717, 1.165) is 5.56 Å². The molecule has 0 radical (unpaired) electrons. The maximum Gasteiger partial charge on any atom is 0.341 e. The summed E-state index contributed by atoms with van der Waals surface area (Å²) in [7, 11) is -2.69. The maximum absolute atomic E-state index is 12.4. The van der Waals surface area contributed by atoms with Crippen LogP contribution in [0.2, 0.25) is 0 Å². The highest BCUT2D eigenvalue weighted by Gasteiger charge is 2.21. The monoisotopic (exact) mass is 449 g/mol. The molecule has 0 aliphatic rings. The Bertz CT molecular complexity index is 1050. The zero-order valence-corrected chi connectivity index (χ0v) is 18.8. The molecule has 1 amide bonds. The molecule has 0 saturated carbocycles. The Labute approximate surface area is 182 Å². The lowest BCUT2D eigenvalue weighted by molar-refractivity contribution is -0.114. The van der Waals surface area contributed by atoms with Gasteiger partial charge < -0.3 is 15.2 Å². The predicted octanol–water partition coefficient (Wildman–Crippen LogP) is 3.56. The number of phenolic OH excluding ortho intramolecular Hbond substituents is 1. The Morgan fingerprint density at radius 3 is 2.35 bits per heavy atom. The maximum atomic E-state index is 12.4. The number of benzene rings is 2. The number of phenols is 1. The van der Waals surface area contributed by atoms with Crippen molar-refractivity contribution < 1.29 is 32.0 Å². The molecule has 0 aromatic heterocycles. The summed E-state index contributed by atoms with van der Waals surface area (Å²) < 4.78 is 34.8. The number of carbonyl (C=O) groups is 2. The molecule has 2 N–H and O–H groups in total. The first-order valence-corrected chi connectivity index (χ1v) is 11.2. The van der Waals surface area contributed by atoms with E-state index in [2.05, 4.69) is 10.1 Å². The lowest BCUT2D eigenvalue weighted by atomic mass is 10.00. The van der Waals surface area contributed by atoms with Gasteiger partial charge in [-0.05, 0) is 57.4 Å². The molecule has 8 nitrogen and oxygen atoms in total. The molecule has 0 bridgehead atoms. The third-order valence-electron chi connectivity index (χ3n) is 4.64. The Morgan fingerprint density at radius 2 is 1.77 bits per heavy atom. The van der Waals surface area contributed by atoms with Gasteiger partial charge in [-0.3, -0.25) is 8.98 Å². The number of aryl methyl sites for hydroxylation is 1. The minimum atomic E-state index is -3.89. The number of hydrogen-bond donors (Lipinski definition) is 2. The zero-order chi connectivity index (χ0) is 23.2. The third-order valence-corrected chi connectivity index (χ3v) is 6.07. The number of aromatic hydroxyl groups is 1. The standard InChI is InChI=1S/C22H27NO7S/c1-14-8-10-17(11-9-14)31(27,28)30-15(2)6-5-7-18-20(23-16(3)24)13-12-19(21(18)25)22(26)29-4/h8-13,15,25H,5-7H2,1-4H3,(H,23,24). The van der Waals surface area contributed by atoms with Gasteiger partial charge in [-0.1, -0.05) is 17.7 Å². The Balaban J connectivity index is 2.10. The molecular formula is C22H27NO7S. The van der Waals surface area contributed by atoms with Crippen molar-refractivity contribution >= 4 is 27.7 Å². The molecule has 0 spiro atoms. The highest BCUT2D eigenvalue weighted by Crippen LogP contribution is 2.32. The summed E-state index contributed by atoms with van der Waals surface area (Å²) >= 11 is 0. The number of esters is 1. The second-order valence-corrected chi connectivity index (χ2v) is 8.80. The van der Waals surface area contributed by atoms with Crippen LogP contribution in [-0.2, 0) is 30.3 Å². The Kier molecular flexibility index (Phi) is 8.18. The van der Waals surface area contributed by atoms with Gasteiger partial charge in [0.15, 0.2) is 0 Å². The number of rotatable bonds is 9. The predicted molar refractivity (Wildman–Crippen MR) is 116 cm³/mol. The quantitative estimate of drug-likeness (QED) is 0.444. The fourth-order valence-corrected chi connectivity index (χ4v) is 4.17. The van der Waals surface area contributed by atoms with E-state index in [4.69, 9.17) is 4.18 Å². The van der Waals surface area contributed by atoms with Crippen LogP contribution in [0.25, 0.3) is 0 Å². The molecule has 0 aliphatic carbocycles. The van der Waals surface area contributed by atoms with E-state index in [9.17, 15) is 23.1 Å². The summed E-state index contributed by atoms with van der Waals surface area (Å²) in [4.78, 5) is 23.4. The lowest BCUT2D eigenvalue weighted by Crippen LogP contribution is -2.16. The highest BCUT2D eigenvalue weighted by atomic mass is 32.2. The van der Waals surface area contributed by atoms with Crippen molar-refractivity contribution in [3.63, 3.8) is 0 Å². The van der Waals surface area contributed by atoms with Gasteiger partial charge in [0.25, 0.3) is 10.1 Å². The Morgan fingerprint density at radius 1 is 1.13 bits per heavy atom. The Hall–Kier alpha value is -2.91. The van der Waals surface area contributed by atoms with E-state index in [0.29, 0.717) is 24.1 Å². The average molecular weight is 450 g/mol. The highest BCUT2D eigenvalue weighted by molar-refractivity contribution is 7.86. The summed E-state index contributed by atoms with van der Waals surface area (Å²) in [6.45, 7) is 4.84. The van der Waals surface area contributed by atoms with Gasteiger partial charge in [0.2, 0.25) is 5.91 Å². The average Bonchev–Trinajstić information content (AvgIpc) is 2.69. The van der Waals surface area contributed by atoms with Gasteiger partial charge >= 0.3 is 5.97 Å². The van der Waals surface area contributed by atoms with Gasteiger partial charge in [0.05, 0.1) is 18.1 Å². The van der Waals surface area contributed by atoms with Crippen molar-refractivity contribution in [2.45, 2.75) is 51.0 Å². The number of amides is 1. The summed E-state index contributed by atoms with van der Waals surface area (Å²) in [5, 5.41) is 13.2. The van der Waals surface area contributed by atoms with Crippen LogP contribution in [0.5, 0.6) is 5.75 Å². The first-order valence-electron chi connectivity index (χ1n) is 9.76. The van der Waals surface area contributed by atoms with Crippen molar-refractivity contribution in [2.75, 3.05) is 12.4 Å². The van der Waals surface area contributed by atoms with Crippen LogP contribution in [0.1, 0.15) is 48.2 Å². The van der Waals surface area contributed by atoms with Gasteiger partial charge in [0.1, 0.15) is 11.3 Å². The fraction of sp³-hybridized carbons (Fsp3) is 0.364. The number of nitrogens with one attached hydrogen (secondary N) is 1. The van der Waals surface area contributed by atoms with E-state index in [1.807, 2.05) is 6.92 Å². The van der Waals surface area contributed by atoms with E-state index in [-0.39, 0.29) is 28.5 Å².